The van der Waals surface area contributed by atoms with E-state index in [1.165, 1.54) is 20.3 Å². The summed E-state index contributed by atoms with van der Waals surface area (Å²) >= 11 is 6.42. The number of ether oxygens (including phenoxy) is 2. The predicted molar refractivity (Wildman–Crippen MR) is 64.5 cm³/mol. The zero-order valence-electron chi connectivity index (χ0n) is 8.54. The molecule has 0 N–H and O–H groups in total. The van der Waals surface area contributed by atoms with E-state index in [-0.39, 0.29) is 11.1 Å². The highest BCUT2D eigenvalue weighted by Crippen LogP contribution is 2.27. The lowest BCUT2D eigenvalue weighted by Gasteiger charge is -2.07. The van der Waals surface area contributed by atoms with Crippen LogP contribution in [0.15, 0.2) is 21.1 Å². The topological polar surface area (TPSA) is 52.6 Å². The van der Waals surface area contributed by atoms with Gasteiger partial charge in [0.05, 0.1) is 25.3 Å². The lowest BCUT2D eigenvalue weighted by atomic mass is 10.1. The molecule has 1 rings (SSSR count). The Hall–Kier alpha value is -0.880. The van der Waals surface area contributed by atoms with E-state index in [2.05, 4.69) is 41.3 Å². The van der Waals surface area contributed by atoms with E-state index in [0.717, 1.165) is 0 Å². The van der Waals surface area contributed by atoms with Crippen molar-refractivity contribution in [1.82, 2.24) is 0 Å². The van der Waals surface area contributed by atoms with Crippen LogP contribution in [0.1, 0.15) is 20.7 Å². The van der Waals surface area contributed by atoms with Crippen molar-refractivity contribution in [1.29, 1.82) is 0 Å². The quantitative estimate of drug-likeness (QED) is 0.769. The molecule has 0 amide bonds. The number of carbonyl (C=O) groups is 2. The molecule has 0 aromatic heterocycles. The van der Waals surface area contributed by atoms with Gasteiger partial charge in [0.15, 0.2) is 0 Å². The van der Waals surface area contributed by atoms with Gasteiger partial charge in [-0.05, 0) is 44.0 Å². The minimum Gasteiger partial charge on any atom is -0.465 e. The van der Waals surface area contributed by atoms with Crippen molar-refractivity contribution < 1.29 is 19.1 Å². The second-order valence-corrected chi connectivity index (χ2v) is 4.50. The van der Waals surface area contributed by atoms with Crippen molar-refractivity contribution in [3.05, 3.63) is 32.2 Å². The van der Waals surface area contributed by atoms with Crippen LogP contribution >= 0.6 is 31.9 Å². The van der Waals surface area contributed by atoms with Gasteiger partial charge in [-0.2, -0.15) is 0 Å². The van der Waals surface area contributed by atoms with E-state index in [1.807, 2.05) is 0 Å². The molecule has 0 heterocycles. The number of esters is 2. The van der Waals surface area contributed by atoms with Gasteiger partial charge in [-0.25, -0.2) is 9.59 Å². The Morgan fingerprint density at radius 2 is 1.31 bits per heavy atom. The van der Waals surface area contributed by atoms with Gasteiger partial charge in [-0.1, -0.05) is 0 Å². The summed E-state index contributed by atoms with van der Waals surface area (Å²) in [6.07, 6.45) is 0. The summed E-state index contributed by atoms with van der Waals surface area (Å²) in [5.41, 5.74) is 0.539. The Bertz CT molecular complexity index is 405. The standard InChI is InChI=1S/C10H8Br2O4/c1-15-9(13)5-3-6(10(14)16-2)8(12)4-7(5)11/h3-4H,1-2H3. The van der Waals surface area contributed by atoms with Crippen LogP contribution in [0.5, 0.6) is 0 Å². The molecule has 0 unspecified atom stereocenters. The summed E-state index contributed by atoms with van der Waals surface area (Å²) in [7, 11) is 2.54. The van der Waals surface area contributed by atoms with Crippen LogP contribution < -0.4 is 0 Å². The molecule has 0 spiro atoms. The third-order valence-electron chi connectivity index (χ3n) is 1.87. The maximum Gasteiger partial charge on any atom is 0.339 e. The van der Waals surface area contributed by atoms with Gasteiger partial charge in [0.1, 0.15) is 0 Å². The number of hydrogen-bond acceptors (Lipinski definition) is 4. The lowest BCUT2D eigenvalue weighted by molar-refractivity contribution is 0.0598. The van der Waals surface area contributed by atoms with Crippen molar-refractivity contribution in [3.63, 3.8) is 0 Å². The summed E-state index contributed by atoms with van der Waals surface area (Å²) in [5.74, 6) is -1.05. The molecule has 6 heteroatoms. The minimum absolute atomic E-state index is 0.270. The van der Waals surface area contributed by atoms with Crippen LogP contribution in [0.25, 0.3) is 0 Å². The second-order valence-electron chi connectivity index (χ2n) is 2.80. The molecule has 1 aromatic carbocycles. The first-order chi connectivity index (χ1) is 7.51. The molecule has 0 atom stereocenters. The zero-order chi connectivity index (χ0) is 12.3. The number of halogens is 2. The molecule has 0 saturated heterocycles. The predicted octanol–water partition coefficient (Wildman–Crippen LogP) is 2.78. The minimum atomic E-state index is -0.524. The molecule has 0 aliphatic rings. The summed E-state index contributed by atoms with van der Waals surface area (Å²) in [4.78, 5) is 22.8. The molecule has 0 bridgehead atoms. The Labute approximate surface area is 109 Å². The molecule has 16 heavy (non-hydrogen) atoms. The highest BCUT2D eigenvalue weighted by molar-refractivity contribution is 9.11. The SMILES string of the molecule is COC(=O)c1cc(C(=O)OC)c(Br)cc1Br. The van der Waals surface area contributed by atoms with Crippen LogP contribution in [-0.2, 0) is 9.47 Å². The molecule has 0 fully saturated rings. The Balaban J connectivity index is 3.32. The normalized spacial score (nSPS) is 9.75. The summed E-state index contributed by atoms with van der Waals surface area (Å²) in [6, 6.07) is 3.00. The smallest absolute Gasteiger partial charge is 0.339 e. The van der Waals surface area contributed by atoms with Gasteiger partial charge in [-0.15, -0.1) is 0 Å². The van der Waals surface area contributed by atoms with E-state index >= 15 is 0 Å². The van der Waals surface area contributed by atoms with E-state index in [4.69, 9.17) is 0 Å². The van der Waals surface area contributed by atoms with Crippen LogP contribution in [-0.4, -0.2) is 26.2 Å². The molecule has 4 nitrogen and oxygen atoms in total. The fourth-order valence-electron chi connectivity index (χ4n) is 1.08. The monoisotopic (exact) mass is 350 g/mol. The van der Waals surface area contributed by atoms with Crippen molar-refractivity contribution in [2.24, 2.45) is 0 Å². The van der Waals surface area contributed by atoms with Crippen LogP contribution in [0.2, 0.25) is 0 Å². The number of rotatable bonds is 2. The Morgan fingerprint density at radius 3 is 1.62 bits per heavy atom. The molecular formula is C10H8Br2O4. The van der Waals surface area contributed by atoms with E-state index in [0.29, 0.717) is 8.95 Å². The van der Waals surface area contributed by atoms with Crippen LogP contribution in [0, 0.1) is 0 Å². The largest absolute Gasteiger partial charge is 0.465 e. The van der Waals surface area contributed by atoms with Crippen molar-refractivity contribution >= 4 is 43.8 Å². The zero-order valence-corrected chi connectivity index (χ0v) is 11.7. The summed E-state index contributed by atoms with van der Waals surface area (Å²) in [5, 5.41) is 0. The van der Waals surface area contributed by atoms with E-state index in [1.54, 1.807) is 6.07 Å². The number of hydrogen-bond donors (Lipinski definition) is 0. The Morgan fingerprint density at radius 1 is 0.938 bits per heavy atom. The molecule has 0 aliphatic carbocycles. The van der Waals surface area contributed by atoms with Gasteiger partial charge in [-0.3, -0.25) is 0 Å². The van der Waals surface area contributed by atoms with E-state index in [9.17, 15) is 9.59 Å². The van der Waals surface area contributed by atoms with Crippen LogP contribution in [0.3, 0.4) is 0 Å². The maximum atomic E-state index is 11.4. The number of carbonyl (C=O) groups excluding carboxylic acids is 2. The summed E-state index contributed by atoms with van der Waals surface area (Å²) in [6.45, 7) is 0. The highest BCUT2D eigenvalue weighted by Gasteiger charge is 2.18. The second kappa shape index (κ2) is 5.45. The fourth-order valence-corrected chi connectivity index (χ4v) is 2.40. The molecular weight excluding hydrogens is 344 g/mol. The molecule has 0 aliphatic heterocycles. The highest BCUT2D eigenvalue weighted by atomic mass is 79.9. The first-order valence-corrected chi connectivity index (χ1v) is 5.75. The fraction of sp³-hybridized carbons (Fsp3) is 0.200. The van der Waals surface area contributed by atoms with Crippen molar-refractivity contribution in [2.75, 3.05) is 14.2 Å². The van der Waals surface area contributed by atoms with Crippen molar-refractivity contribution in [3.8, 4) is 0 Å². The third-order valence-corrected chi connectivity index (χ3v) is 3.18. The van der Waals surface area contributed by atoms with Crippen molar-refractivity contribution in [2.45, 2.75) is 0 Å². The third kappa shape index (κ3) is 2.62. The number of benzene rings is 1. The van der Waals surface area contributed by atoms with Gasteiger partial charge < -0.3 is 9.47 Å². The molecule has 1 aromatic rings. The molecule has 0 radical (unpaired) electrons. The summed E-state index contributed by atoms with van der Waals surface area (Å²) < 4.78 is 10.3. The van der Waals surface area contributed by atoms with Gasteiger partial charge in [0.2, 0.25) is 0 Å². The Kier molecular flexibility index (Phi) is 4.49. The van der Waals surface area contributed by atoms with Gasteiger partial charge >= 0.3 is 11.9 Å². The molecule has 86 valence electrons. The lowest BCUT2D eigenvalue weighted by Crippen LogP contribution is -2.08. The maximum absolute atomic E-state index is 11.4. The first-order valence-electron chi connectivity index (χ1n) is 4.17. The molecule has 0 saturated carbocycles. The number of methoxy groups -OCH3 is 2. The van der Waals surface area contributed by atoms with E-state index < -0.39 is 11.9 Å². The van der Waals surface area contributed by atoms with Gasteiger partial charge in [0, 0.05) is 8.95 Å². The first kappa shape index (κ1) is 13.2. The van der Waals surface area contributed by atoms with Crippen LogP contribution in [0.4, 0.5) is 0 Å². The average Bonchev–Trinajstić information content (AvgIpc) is 2.27. The average molecular weight is 352 g/mol. The van der Waals surface area contributed by atoms with Gasteiger partial charge in [0.25, 0.3) is 0 Å².